The maximum absolute atomic E-state index is 4.88. The van der Waals surface area contributed by atoms with Gasteiger partial charge in [0.25, 0.3) is 0 Å². The second kappa shape index (κ2) is 9.01. The van der Waals surface area contributed by atoms with Gasteiger partial charge in [0.1, 0.15) is 0 Å². The van der Waals surface area contributed by atoms with Crippen molar-refractivity contribution in [3.8, 4) is 0 Å². The van der Waals surface area contributed by atoms with E-state index >= 15 is 0 Å². The molecule has 0 bridgehead atoms. The molecule has 0 aliphatic heterocycles. The largest absolute Gasteiger partial charge is 0.248 e. The molecule has 0 unspecified atom stereocenters. The summed E-state index contributed by atoms with van der Waals surface area (Å²) in [6.07, 6.45) is 17.1. The summed E-state index contributed by atoms with van der Waals surface area (Å²) in [6.45, 7) is 2.29. The van der Waals surface area contributed by atoms with Crippen molar-refractivity contribution in [1.82, 2.24) is 4.98 Å². The van der Waals surface area contributed by atoms with Crippen molar-refractivity contribution in [1.29, 1.82) is 0 Å². The van der Waals surface area contributed by atoms with Crippen LogP contribution in [0.3, 0.4) is 0 Å². The van der Waals surface area contributed by atoms with Gasteiger partial charge in [0.05, 0.1) is 10.9 Å². The molecule has 0 fully saturated rings. The van der Waals surface area contributed by atoms with Crippen LogP contribution < -0.4 is 10.6 Å². The highest BCUT2D eigenvalue weighted by Crippen LogP contribution is 2.18. The summed E-state index contributed by atoms with van der Waals surface area (Å²) in [5.74, 6) is 0. The minimum absolute atomic E-state index is 1.13. The molecule has 0 saturated carbocycles. The van der Waals surface area contributed by atoms with Crippen LogP contribution in [0.25, 0.3) is 22.6 Å². The Morgan fingerprint density at radius 3 is 2.50 bits per heavy atom. The van der Waals surface area contributed by atoms with Crippen LogP contribution >= 0.6 is 0 Å². The van der Waals surface area contributed by atoms with Gasteiger partial charge in [-0.2, -0.15) is 0 Å². The summed E-state index contributed by atoms with van der Waals surface area (Å²) in [5, 5.41) is 3.91. The number of hydrogen-bond acceptors (Lipinski definition) is 1. The molecule has 2 aromatic rings. The lowest BCUT2D eigenvalue weighted by Crippen LogP contribution is -2.32. The first-order valence-electron chi connectivity index (χ1n) is 9.96. The molecular weight excluding hydrogens is 290 g/mol. The van der Waals surface area contributed by atoms with E-state index in [1.165, 1.54) is 80.2 Å². The van der Waals surface area contributed by atoms with Gasteiger partial charge >= 0.3 is 0 Å². The fourth-order valence-corrected chi connectivity index (χ4v) is 3.82. The fourth-order valence-electron chi connectivity index (χ4n) is 3.82. The normalized spacial score (nSPS) is 13.8. The first-order valence-corrected chi connectivity index (χ1v) is 9.96. The number of fused-ring (bicyclic) bond motifs is 2. The standard InChI is InChI=1S/C23H31N/c1-2-3-4-5-6-7-8-9-13-19-15-12-17-23-21(19)18-20-14-10-11-16-22(20)24-23/h10-11,14,16-18H,2-9,12-13,15H2,1H3. The third-order valence-corrected chi connectivity index (χ3v) is 5.25. The minimum Gasteiger partial charge on any atom is -0.248 e. The van der Waals surface area contributed by atoms with E-state index < -0.39 is 0 Å². The molecule has 0 atom stereocenters. The highest BCUT2D eigenvalue weighted by atomic mass is 14.7. The summed E-state index contributed by atoms with van der Waals surface area (Å²) in [5.41, 5.74) is 2.76. The lowest BCUT2D eigenvalue weighted by atomic mass is 9.95. The molecule has 1 heterocycles. The molecule has 1 aromatic heterocycles. The third kappa shape index (κ3) is 4.47. The van der Waals surface area contributed by atoms with E-state index in [9.17, 15) is 0 Å². The number of benzene rings is 1. The zero-order valence-electron chi connectivity index (χ0n) is 15.2. The quantitative estimate of drug-likeness (QED) is 0.556. The van der Waals surface area contributed by atoms with Crippen molar-refractivity contribution in [2.24, 2.45) is 0 Å². The van der Waals surface area contributed by atoms with Crippen LogP contribution in [0.5, 0.6) is 0 Å². The summed E-state index contributed by atoms with van der Waals surface area (Å²) in [6, 6.07) is 10.9. The number of para-hydroxylation sites is 1. The zero-order chi connectivity index (χ0) is 16.6. The zero-order valence-corrected chi connectivity index (χ0v) is 15.2. The van der Waals surface area contributed by atoms with E-state index in [-0.39, 0.29) is 0 Å². The Morgan fingerprint density at radius 1 is 0.917 bits per heavy atom. The molecule has 3 rings (SSSR count). The smallest absolute Gasteiger partial charge is 0.0709 e. The van der Waals surface area contributed by atoms with Crippen molar-refractivity contribution in [3.05, 3.63) is 40.9 Å². The van der Waals surface area contributed by atoms with Gasteiger partial charge in [-0.05, 0) is 43.0 Å². The van der Waals surface area contributed by atoms with Crippen LogP contribution in [-0.2, 0) is 0 Å². The molecule has 0 radical (unpaired) electrons. The predicted molar refractivity (Wildman–Crippen MR) is 105 cm³/mol. The molecule has 0 amide bonds. The minimum atomic E-state index is 1.13. The summed E-state index contributed by atoms with van der Waals surface area (Å²) in [7, 11) is 0. The van der Waals surface area contributed by atoms with Gasteiger partial charge in [-0.15, -0.1) is 0 Å². The molecule has 1 aliphatic carbocycles. The van der Waals surface area contributed by atoms with Crippen molar-refractivity contribution >= 4 is 22.6 Å². The van der Waals surface area contributed by atoms with Crippen LogP contribution in [0, 0.1) is 0 Å². The van der Waals surface area contributed by atoms with Gasteiger partial charge in [-0.1, -0.05) is 81.7 Å². The summed E-state index contributed by atoms with van der Waals surface area (Å²) in [4.78, 5) is 4.88. The van der Waals surface area contributed by atoms with E-state index in [0.717, 1.165) is 11.9 Å². The molecule has 1 aliphatic rings. The lowest BCUT2D eigenvalue weighted by Gasteiger charge is -2.12. The average Bonchev–Trinajstić information content (AvgIpc) is 2.62. The van der Waals surface area contributed by atoms with E-state index in [4.69, 9.17) is 4.98 Å². The maximum Gasteiger partial charge on any atom is 0.0709 e. The highest BCUT2D eigenvalue weighted by molar-refractivity contribution is 5.79. The number of pyridine rings is 1. The molecule has 0 N–H and O–H groups in total. The molecule has 1 aromatic carbocycles. The van der Waals surface area contributed by atoms with E-state index in [1.807, 2.05) is 0 Å². The first-order chi connectivity index (χ1) is 11.9. The van der Waals surface area contributed by atoms with Crippen molar-refractivity contribution in [2.45, 2.75) is 77.6 Å². The number of unbranched alkanes of at least 4 members (excludes halogenated alkanes) is 7. The fraction of sp³-hybridized carbons (Fsp3) is 0.522. The van der Waals surface area contributed by atoms with Gasteiger partial charge in [0.2, 0.25) is 0 Å². The number of rotatable bonds is 9. The summed E-state index contributed by atoms with van der Waals surface area (Å²) < 4.78 is 0. The molecule has 0 saturated heterocycles. The van der Waals surface area contributed by atoms with Gasteiger partial charge in [0.15, 0.2) is 0 Å². The van der Waals surface area contributed by atoms with Crippen LogP contribution in [0.2, 0.25) is 0 Å². The Morgan fingerprint density at radius 2 is 1.67 bits per heavy atom. The molecule has 128 valence electrons. The van der Waals surface area contributed by atoms with Gasteiger partial charge < -0.3 is 0 Å². The van der Waals surface area contributed by atoms with Crippen LogP contribution in [-0.4, -0.2) is 4.98 Å². The monoisotopic (exact) mass is 321 g/mol. The van der Waals surface area contributed by atoms with Crippen LogP contribution in [0.15, 0.2) is 30.3 Å². The van der Waals surface area contributed by atoms with Gasteiger partial charge in [0, 0.05) is 5.39 Å². The molecule has 24 heavy (non-hydrogen) atoms. The Labute approximate surface area is 146 Å². The van der Waals surface area contributed by atoms with Crippen molar-refractivity contribution < 1.29 is 0 Å². The number of aromatic nitrogens is 1. The van der Waals surface area contributed by atoms with Crippen molar-refractivity contribution in [2.75, 3.05) is 0 Å². The Bertz CT molecular complexity index is 772. The topological polar surface area (TPSA) is 12.9 Å². The number of nitrogens with zero attached hydrogens (tertiary/aromatic N) is 1. The Balaban J connectivity index is 1.60. The third-order valence-electron chi connectivity index (χ3n) is 5.25. The first kappa shape index (κ1) is 17.2. The van der Waals surface area contributed by atoms with Gasteiger partial charge in [-0.25, -0.2) is 4.98 Å². The van der Waals surface area contributed by atoms with Crippen LogP contribution in [0.1, 0.15) is 77.6 Å². The molecule has 0 spiro atoms. The Kier molecular flexibility index (Phi) is 6.46. The van der Waals surface area contributed by atoms with E-state index in [1.54, 1.807) is 5.57 Å². The molecular formula is C23H31N. The second-order valence-electron chi connectivity index (χ2n) is 7.19. The SMILES string of the molecule is CCCCCCCCCCC1=c2cc3ccccc3nc2=CCC1. The van der Waals surface area contributed by atoms with Crippen molar-refractivity contribution in [3.63, 3.8) is 0 Å². The van der Waals surface area contributed by atoms with Gasteiger partial charge in [-0.3, -0.25) is 0 Å². The average molecular weight is 322 g/mol. The molecule has 1 nitrogen and oxygen atoms in total. The molecule has 1 heteroatoms. The van der Waals surface area contributed by atoms with E-state index in [0.29, 0.717) is 0 Å². The lowest BCUT2D eigenvalue weighted by molar-refractivity contribution is 0.577. The van der Waals surface area contributed by atoms with E-state index in [2.05, 4.69) is 43.3 Å². The Hall–Kier alpha value is -1.63. The maximum atomic E-state index is 4.88. The highest BCUT2D eigenvalue weighted by Gasteiger charge is 2.07. The predicted octanol–water partition coefficient (Wildman–Crippen LogP) is 5.49. The summed E-state index contributed by atoms with van der Waals surface area (Å²) >= 11 is 0. The number of hydrogen-bond donors (Lipinski definition) is 0. The van der Waals surface area contributed by atoms with Crippen LogP contribution in [0.4, 0.5) is 0 Å². The second-order valence-corrected chi connectivity index (χ2v) is 7.19.